The number of hydrazine groups is 1. The normalized spacial score (nSPS) is 10.5. The molecule has 0 saturated heterocycles. The summed E-state index contributed by atoms with van der Waals surface area (Å²) in [4.78, 5) is 49.8. The molecule has 8 nitrogen and oxygen atoms in total. The molecule has 3 rings (SSSR count). The molecule has 1 aromatic heterocycles. The van der Waals surface area contributed by atoms with Crippen LogP contribution in [0.2, 0.25) is 0 Å². The summed E-state index contributed by atoms with van der Waals surface area (Å²) in [5, 5.41) is 0.259. The van der Waals surface area contributed by atoms with E-state index in [0.717, 1.165) is 16.7 Å². The van der Waals surface area contributed by atoms with E-state index < -0.39 is 35.4 Å². The van der Waals surface area contributed by atoms with Crippen molar-refractivity contribution < 1.29 is 14.0 Å². The Morgan fingerprint density at radius 3 is 2.42 bits per heavy atom. The maximum atomic E-state index is 12.8. The second-order valence-corrected chi connectivity index (χ2v) is 5.37. The van der Waals surface area contributed by atoms with Gasteiger partial charge in [0.05, 0.1) is 10.9 Å². The number of amides is 2. The fourth-order valence-electron chi connectivity index (χ4n) is 2.38. The summed E-state index contributed by atoms with van der Waals surface area (Å²) >= 11 is 0. The van der Waals surface area contributed by atoms with Crippen LogP contribution in [0.15, 0.2) is 58.1 Å². The summed E-state index contributed by atoms with van der Waals surface area (Å²) in [5.41, 5.74) is 3.49. The fourth-order valence-corrected chi connectivity index (χ4v) is 2.38. The van der Waals surface area contributed by atoms with E-state index in [1.807, 2.05) is 0 Å². The molecule has 0 aliphatic carbocycles. The largest absolute Gasteiger partial charge is 0.329 e. The van der Waals surface area contributed by atoms with E-state index in [-0.39, 0.29) is 10.9 Å². The van der Waals surface area contributed by atoms with Crippen molar-refractivity contribution in [2.75, 3.05) is 0 Å². The van der Waals surface area contributed by atoms with Gasteiger partial charge in [-0.3, -0.25) is 34.8 Å². The van der Waals surface area contributed by atoms with Crippen LogP contribution in [0.5, 0.6) is 0 Å². The van der Waals surface area contributed by atoms with Crippen molar-refractivity contribution in [2.24, 2.45) is 0 Å². The Kier molecular flexibility index (Phi) is 4.61. The molecule has 132 valence electrons. The van der Waals surface area contributed by atoms with Gasteiger partial charge in [0.25, 0.3) is 17.4 Å². The lowest BCUT2D eigenvalue weighted by molar-refractivity contribution is -0.122. The lowest BCUT2D eigenvalue weighted by Gasteiger charge is -2.10. The van der Waals surface area contributed by atoms with Gasteiger partial charge >= 0.3 is 5.69 Å². The highest BCUT2D eigenvalue weighted by atomic mass is 19.1. The molecule has 0 aliphatic heterocycles. The molecular weight excluding hydrogens is 343 g/mol. The standard InChI is InChI=1S/C17H13FN4O4/c18-11-7-5-10(6-8-11)15(24)21-20-14(23)9-22-13-4-2-1-3-12(13)16(25)19-17(22)26/h1-8H,9H2,(H,20,23)(H,21,24)(H,19,25,26). The van der Waals surface area contributed by atoms with Crippen LogP contribution in [0.25, 0.3) is 10.9 Å². The van der Waals surface area contributed by atoms with E-state index in [1.54, 1.807) is 12.1 Å². The van der Waals surface area contributed by atoms with E-state index in [2.05, 4.69) is 15.8 Å². The van der Waals surface area contributed by atoms with Gasteiger partial charge in [0.1, 0.15) is 12.4 Å². The van der Waals surface area contributed by atoms with E-state index in [9.17, 15) is 23.6 Å². The van der Waals surface area contributed by atoms with Gasteiger partial charge < -0.3 is 0 Å². The number of hydrogen-bond donors (Lipinski definition) is 3. The van der Waals surface area contributed by atoms with Crippen molar-refractivity contribution >= 4 is 22.7 Å². The van der Waals surface area contributed by atoms with E-state index >= 15 is 0 Å². The minimum atomic E-state index is -0.742. The minimum Gasteiger partial charge on any atom is -0.284 e. The first kappa shape index (κ1) is 17.1. The SMILES string of the molecule is O=C(Cn1c(=O)[nH]c(=O)c2ccccc21)NNC(=O)c1ccc(F)cc1. The Labute approximate surface area is 145 Å². The molecule has 26 heavy (non-hydrogen) atoms. The first-order valence-corrected chi connectivity index (χ1v) is 7.52. The van der Waals surface area contributed by atoms with Gasteiger partial charge in [0.15, 0.2) is 0 Å². The zero-order chi connectivity index (χ0) is 18.7. The predicted octanol–water partition coefficient (Wildman–Crippen LogP) is 0.290. The number of aromatic nitrogens is 2. The van der Waals surface area contributed by atoms with Crippen LogP contribution < -0.4 is 22.1 Å². The number of rotatable bonds is 3. The molecule has 0 atom stereocenters. The van der Waals surface area contributed by atoms with Crippen LogP contribution >= 0.6 is 0 Å². The molecule has 9 heteroatoms. The first-order valence-electron chi connectivity index (χ1n) is 7.52. The van der Waals surface area contributed by atoms with Crippen LogP contribution in [-0.2, 0) is 11.3 Å². The topological polar surface area (TPSA) is 113 Å². The third-order valence-electron chi connectivity index (χ3n) is 3.63. The second-order valence-electron chi connectivity index (χ2n) is 5.37. The van der Waals surface area contributed by atoms with Crippen LogP contribution in [-0.4, -0.2) is 21.4 Å². The Morgan fingerprint density at radius 2 is 1.69 bits per heavy atom. The minimum absolute atomic E-state index is 0.151. The van der Waals surface area contributed by atoms with Gasteiger partial charge in [-0.15, -0.1) is 0 Å². The number of para-hydroxylation sites is 1. The highest BCUT2D eigenvalue weighted by Crippen LogP contribution is 2.06. The quantitative estimate of drug-likeness (QED) is 0.586. The second kappa shape index (κ2) is 7.01. The number of H-pyrrole nitrogens is 1. The molecule has 0 unspecified atom stereocenters. The summed E-state index contributed by atoms with van der Waals surface area (Å²) in [6.07, 6.45) is 0. The molecule has 0 radical (unpaired) electrons. The van der Waals surface area contributed by atoms with Crippen molar-refractivity contribution in [3.05, 3.63) is 80.7 Å². The Hall–Kier alpha value is -3.75. The van der Waals surface area contributed by atoms with Gasteiger partial charge in [-0.1, -0.05) is 12.1 Å². The molecule has 0 aliphatic rings. The van der Waals surface area contributed by atoms with Crippen molar-refractivity contribution in [3.8, 4) is 0 Å². The third kappa shape index (κ3) is 3.51. The third-order valence-corrected chi connectivity index (χ3v) is 3.63. The predicted molar refractivity (Wildman–Crippen MR) is 90.8 cm³/mol. The van der Waals surface area contributed by atoms with Gasteiger partial charge in [-0.2, -0.15) is 0 Å². The molecule has 3 aromatic rings. The number of aromatic amines is 1. The Morgan fingerprint density at radius 1 is 1.00 bits per heavy atom. The zero-order valence-electron chi connectivity index (χ0n) is 13.3. The number of carbonyl (C=O) groups excluding carboxylic acids is 2. The lowest BCUT2D eigenvalue weighted by atomic mass is 10.2. The van der Waals surface area contributed by atoms with E-state index in [0.29, 0.717) is 5.52 Å². The molecule has 2 amide bonds. The molecule has 0 bridgehead atoms. The summed E-state index contributed by atoms with van der Waals surface area (Å²) in [7, 11) is 0. The maximum absolute atomic E-state index is 12.8. The van der Waals surface area contributed by atoms with Crippen molar-refractivity contribution in [2.45, 2.75) is 6.54 Å². The molecule has 2 aromatic carbocycles. The number of benzene rings is 2. The highest BCUT2D eigenvalue weighted by Gasteiger charge is 2.12. The molecule has 0 fully saturated rings. The van der Waals surface area contributed by atoms with Gasteiger partial charge in [-0.05, 0) is 36.4 Å². The number of fused-ring (bicyclic) bond motifs is 1. The molecular formula is C17H13FN4O4. The molecule has 0 spiro atoms. The number of nitrogens with zero attached hydrogens (tertiary/aromatic N) is 1. The zero-order valence-corrected chi connectivity index (χ0v) is 13.3. The van der Waals surface area contributed by atoms with Crippen LogP contribution in [0, 0.1) is 5.82 Å². The van der Waals surface area contributed by atoms with E-state index in [1.165, 1.54) is 24.3 Å². The molecule has 1 heterocycles. The highest BCUT2D eigenvalue weighted by molar-refractivity contribution is 5.95. The average molecular weight is 356 g/mol. The Balaban J connectivity index is 1.74. The van der Waals surface area contributed by atoms with Gasteiger partial charge in [0, 0.05) is 5.56 Å². The number of carbonyl (C=O) groups is 2. The van der Waals surface area contributed by atoms with Gasteiger partial charge in [0.2, 0.25) is 0 Å². The van der Waals surface area contributed by atoms with Crippen LogP contribution in [0.1, 0.15) is 10.4 Å². The Bertz CT molecular complexity index is 1100. The lowest BCUT2D eigenvalue weighted by Crippen LogP contribution is -2.45. The molecule has 3 N–H and O–H groups in total. The van der Waals surface area contributed by atoms with E-state index in [4.69, 9.17) is 0 Å². The number of hydrogen-bond acceptors (Lipinski definition) is 4. The first-order chi connectivity index (χ1) is 12.5. The summed E-state index contributed by atoms with van der Waals surface area (Å²) in [5.74, 6) is -1.81. The summed E-state index contributed by atoms with van der Waals surface area (Å²) in [6, 6.07) is 11.1. The molecule has 0 saturated carbocycles. The number of halogens is 1. The number of nitrogens with one attached hydrogen (secondary N) is 3. The van der Waals surface area contributed by atoms with Crippen molar-refractivity contribution in [1.82, 2.24) is 20.4 Å². The van der Waals surface area contributed by atoms with Crippen LogP contribution in [0.3, 0.4) is 0 Å². The summed E-state index contributed by atoms with van der Waals surface area (Å²) < 4.78 is 13.9. The van der Waals surface area contributed by atoms with Crippen molar-refractivity contribution in [1.29, 1.82) is 0 Å². The monoisotopic (exact) mass is 356 g/mol. The maximum Gasteiger partial charge on any atom is 0.329 e. The smallest absolute Gasteiger partial charge is 0.284 e. The fraction of sp³-hybridized carbons (Fsp3) is 0.0588. The average Bonchev–Trinajstić information content (AvgIpc) is 2.64. The van der Waals surface area contributed by atoms with Gasteiger partial charge in [-0.25, -0.2) is 9.18 Å². The van der Waals surface area contributed by atoms with Crippen molar-refractivity contribution in [3.63, 3.8) is 0 Å². The van der Waals surface area contributed by atoms with Crippen LogP contribution in [0.4, 0.5) is 4.39 Å². The summed E-state index contributed by atoms with van der Waals surface area (Å²) in [6.45, 7) is -0.417.